The van der Waals surface area contributed by atoms with Crippen LogP contribution in [0, 0.1) is 0 Å². The monoisotopic (exact) mass is 246 g/mol. The lowest BCUT2D eigenvalue weighted by Gasteiger charge is -2.05. The van der Waals surface area contributed by atoms with E-state index < -0.39 is 5.97 Å². The maximum Gasteiger partial charge on any atom is 0.337 e. The Hall–Kier alpha value is -1.88. The highest BCUT2D eigenvalue weighted by Crippen LogP contribution is 2.40. The number of hydrogen-bond acceptors (Lipinski definition) is 3. The fraction of sp³-hybridized carbons (Fsp3) is 0.385. The third kappa shape index (κ3) is 1.67. The van der Waals surface area contributed by atoms with E-state index in [-0.39, 0.29) is 12.2 Å². The van der Waals surface area contributed by atoms with Gasteiger partial charge in [-0.1, -0.05) is 6.07 Å². The third-order valence-electron chi connectivity index (χ3n) is 3.30. The Kier molecular flexibility index (Phi) is 2.56. The summed E-state index contributed by atoms with van der Waals surface area (Å²) in [5.74, 6) is 0.370. The van der Waals surface area contributed by atoms with Crippen LogP contribution in [0.5, 0.6) is 0 Å². The van der Waals surface area contributed by atoms with Crippen molar-refractivity contribution in [2.45, 2.75) is 25.3 Å². The maximum atomic E-state index is 11.2. The smallest absolute Gasteiger partial charge is 0.337 e. The molecule has 5 nitrogen and oxygen atoms in total. The fourth-order valence-electron chi connectivity index (χ4n) is 2.33. The number of para-hydroxylation sites is 1. The molecule has 2 aromatic rings. The molecule has 18 heavy (non-hydrogen) atoms. The Morgan fingerprint density at radius 1 is 1.44 bits per heavy atom. The lowest BCUT2D eigenvalue weighted by atomic mass is 10.2. The van der Waals surface area contributed by atoms with Gasteiger partial charge in [-0.15, -0.1) is 0 Å². The van der Waals surface area contributed by atoms with Crippen LogP contribution in [0.2, 0.25) is 0 Å². The van der Waals surface area contributed by atoms with Gasteiger partial charge in [0.1, 0.15) is 11.3 Å². The van der Waals surface area contributed by atoms with Gasteiger partial charge in [-0.3, -0.25) is 0 Å². The van der Waals surface area contributed by atoms with Crippen LogP contribution in [-0.2, 0) is 6.54 Å². The summed E-state index contributed by atoms with van der Waals surface area (Å²) in [4.78, 5) is 15.7. The van der Waals surface area contributed by atoms with Crippen molar-refractivity contribution >= 4 is 17.0 Å². The number of rotatable bonds is 4. The molecule has 0 saturated heterocycles. The third-order valence-corrected chi connectivity index (χ3v) is 3.30. The van der Waals surface area contributed by atoms with E-state index in [1.165, 1.54) is 0 Å². The normalized spacial score (nSPS) is 15.2. The zero-order chi connectivity index (χ0) is 12.7. The van der Waals surface area contributed by atoms with Crippen LogP contribution in [0.3, 0.4) is 0 Å². The lowest BCUT2D eigenvalue weighted by molar-refractivity contribution is 0.0699. The van der Waals surface area contributed by atoms with Crippen LogP contribution in [0.15, 0.2) is 18.2 Å². The Balaban J connectivity index is 2.25. The van der Waals surface area contributed by atoms with E-state index >= 15 is 0 Å². The van der Waals surface area contributed by atoms with Crippen LogP contribution >= 0.6 is 0 Å². The molecule has 0 radical (unpaired) electrons. The molecule has 0 unspecified atom stereocenters. The van der Waals surface area contributed by atoms with E-state index in [1.54, 1.807) is 12.1 Å². The van der Waals surface area contributed by atoms with E-state index in [0.717, 1.165) is 24.2 Å². The van der Waals surface area contributed by atoms with Gasteiger partial charge in [0, 0.05) is 12.5 Å². The summed E-state index contributed by atoms with van der Waals surface area (Å²) in [5, 5.41) is 18.3. The van der Waals surface area contributed by atoms with Crippen LogP contribution in [0.4, 0.5) is 0 Å². The molecule has 1 aromatic heterocycles. The zero-order valence-electron chi connectivity index (χ0n) is 9.83. The minimum absolute atomic E-state index is 0.0302. The molecule has 1 aliphatic rings. The van der Waals surface area contributed by atoms with Crippen molar-refractivity contribution in [1.29, 1.82) is 0 Å². The quantitative estimate of drug-likeness (QED) is 0.859. The topological polar surface area (TPSA) is 75.3 Å². The number of aliphatic hydroxyl groups excluding tert-OH is 1. The second kappa shape index (κ2) is 4.10. The molecule has 94 valence electrons. The Bertz CT molecular complexity index is 614. The maximum absolute atomic E-state index is 11.2. The van der Waals surface area contributed by atoms with Crippen molar-refractivity contribution in [3.63, 3.8) is 0 Å². The first-order chi connectivity index (χ1) is 8.72. The molecule has 0 amide bonds. The molecular formula is C13H14N2O3. The van der Waals surface area contributed by atoms with Gasteiger partial charge in [-0.2, -0.15) is 0 Å². The summed E-state index contributed by atoms with van der Waals surface area (Å²) in [7, 11) is 0. The number of aromatic carboxylic acids is 1. The predicted molar refractivity (Wildman–Crippen MR) is 65.8 cm³/mol. The molecule has 1 heterocycles. The number of aliphatic hydroxyl groups is 1. The molecule has 5 heteroatoms. The number of carboxylic acids is 1. The van der Waals surface area contributed by atoms with E-state index in [0.29, 0.717) is 18.0 Å². The van der Waals surface area contributed by atoms with Gasteiger partial charge >= 0.3 is 5.97 Å². The van der Waals surface area contributed by atoms with Crippen molar-refractivity contribution < 1.29 is 15.0 Å². The summed E-state index contributed by atoms with van der Waals surface area (Å²) in [5.41, 5.74) is 1.55. The number of nitrogens with zero attached hydrogens (tertiary/aromatic N) is 2. The number of fused-ring (bicyclic) bond motifs is 1. The van der Waals surface area contributed by atoms with E-state index in [9.17, 15) is 4.79 Å². The van der Waals surface area contributed by atoms with Crippen molar-refractivity contribution in [3.05, 3.63) is 29.6 Å². The Morgan fingerprint density at radius 2 is 2.22 bits per heavy atom. The van der Waals surface area contributed by atoms with Crippen LogP contribution in [-0.4, -0.2) is 32.3 Å². The molecule has 0 atom stereocenters. The van der Waals surface area contributed by atoms with Crippen molar-refractivity contribution in [1.82, 2.24) is 9.55 Å². The molecule has 1 aromatic carbocycles. The predicted octanol–water partition coefficient (Wildman–Crippen LogP) is 1.60. The number of benzene rings is 1. The summed E-state index contributed by atoms with van der Waals surface area (Å²) in [6.45, 7) is 0.494. The summed E-state index contributed by atoms with van der Waals surface area (Å²) < 4.78 is 1.94. The molecule has 0 spiro atoms. The second-order valence-corrected chi connectivity index (χ2v) is 4.60. The van der Waals surface area contributed by atoms with E-state index in [1.807, 2.05) is 10.6 Å². The van der Waals surface area contributed by atoms with Crippen molar-refractivity contribution in [3.8, 4) is 0 Å². The summed E-state index contributed by atoms with van der Waals surface area (Å²) in [6, 6.07) is 5.14. The average molecular weight is 246 g/mol. The van der Waals surface area contributed by atoms with Gasteiger partial charge in [-0.05, 0) is 25.0 Å². The summed E-state index contributed by atoms with van der Waals surface area (Å²) >= 11 is 0. The van der Waals surface area contributed by atoms with E-state index in [4.69, 9.17) is 10.2 Å². The minimum atomic E-state index is -0.961. The van der Waals surface area contributed by atoms with E-state index in [2.05, 4.69) is 4.98 Å². The highest BCUT2D eigenvalue weighted by molar-refractivity contribution is 6.01. The molecule has 0 bridgehead atoms. The average Bonchev–Trinajstić information content (AvgIpc) is 3.13. The van der Waals surface area contributed by atoms with Crippen molar-refractivity contribution in [2.24, 2.45) is 0 Å². The van der Waals surface area contributed by atoms with Crippen molar-refractivity contribution in [2.75, 3.05) is 6.61 Å². The van der Waals surface area contributed by atoms with Crippen LogP contribution in [0.25, 0.3) is 11.0 Å². The molecule has 1 saturated carbocycles. The highest BCUT2D eigenvalue weighted by atomic mass is 16.4. The zero-order valence-corrected chi connectivity index (χ0v) is 9.83. The SMILES string of the molecule is O=C(O)c1cccc2c1nc(C1CC1)n2CCO. The standard InChI is InChI=1S/C13H14N2O3/c16-7-6-15-10-3-1-2-9(13(17)18)11(10)14-12(15)8-4-5-8/h1-3,8,16H,4-7H2,(H,17,18). The number of aromatic nitrogens is 2. The molecule has 1 fully saturated rings. The molecule has 1 aliphatic carbocycles. The number of carbonyl (C=O) groups is 1. The van der Waals surface area contributed by atoms with Gasteiger partial charge < -0.3 is 14.8 Å². The first kappa shape index (κ1) is 11.2. The van der Waals surface area contributed by atoms with Crippen LogP contribution < -0.4 is 0 Å². The molecule has 2 N–H and O–H groups in total. The molecular weight excluding hydrogens is 232 g/mol. The first-order valence-corrected chi connectivity index (χ1v) is 6.05. The largest absolute Gasteiger partial charge is 0.478 e. The number of carboxylic acid groups (broad SMARTS) is 1. The first-order valence-electron chi connectivity index (χ1n) is 6.05. The molecule has 0 aliphatic heterocycles. The van der Waals surface area contributed by atoms with Gasteiger partial charge in [0.25, 0.3) is 0 Å². The van der Waals surface area contributed by atoms with Gasteiger partial charge in [0.05, 0.1) is 17.7 Å². The second-order valence-electron chi connectivity index (χ2n) is 4.60. The minimum Gasteiger partial charge on any atom is -0.478 e. The Labute approximate surface area is 104 Å². The van der Waals surface area contributed by atoms with Gasteiger partial charge in [0.15, 0.2) is 0 Å². The fourth-order valence-corrected chi connectivity index (χ4v) is 2.33. The van der Waals surface area contributed by atoms with Gasteiger partial charge in [-0.25, -0.2) is 9.78 Å². The highest BCUT2D eigenvalue weighted by Gasteiger charge is 2.30. The van der Waals surface area contributed by atoms with Crippen LogP contribution in [0.1, 0.15) is 34.9 Å². The lowest BCUT2D eigenvalue weighted by Crippen LogP contribution is -2.06. The molecule has 3 rings (SSSR count). The Morgan fingerprint density at radius 3 is 2.83 bits per heavy atom. The summed E-state index contributed by atoms with van der Waals surface area (Å²) in [6.07, 6.45) is 2.19. The van der Waals surface area contributed by atoms with Gasteiger partial charge in [0.2, 0.25) is 0 Å². The number of hydrogen-bond donors (Lipinski definition) is 2. The number of imidazole rings is 1.